The third-order valence-electron chi connectivity index (χ3n) is 3.73. The second-order valence-electron chi connectivity index (χ2n) is 5.53. The van der Waals surface area contributed by atoms with E-state index in [0.29, 0.717) is 12.0 Å². The molecule has 2 fully saturated rings. The van der Waals surface area contributed by atoms with Gasteiger partial charge in [-0.15, -0.1) is 0 Å². The van der Waals surface area contributed by atoms with Crippen molar-refractivity contribution in [1.82, 2.24) is 10.6 Å². The lowest BCUT2D eigenvalue weighted by Crippen LogP contribution is -2.45. The van der Waals surface area contributed by atoms with E-state index < -0.39 is 0 Å². The van der Waals surface area contributed by atoms with Gasteiger partial charge >= 0.3 is 0 Å². The third kappa shape index (κ3) is 2.83. The number of hydrogen-bond acceptors (Lipinski definition) is 1. The minimum atomic E-state index is 0.657. The summed E-state index contributed by atoms with van der Waals surface area (Å²) in [6, 6.07) is 0.663. The molecule has 0 unspecified atom stereocenters. The van der Waals surface area contributed by atoms with Gasteiger partial charge in [-0.25, -0.2) is 0 Å². The summed E-state index contributed by atoms with van der Waals surface area (Å²) in [6.45, 7) is 5.38. The van der Waals surface area contributed by atoms with Crippen LogP contribution in [-0.4, -0.2) is 17.7 Å². The van der Waals surface area contributed by atoms with Gasteiger partial charge < -0.3 is 10.6 Å². The molecule has 0 amide bonds. The molecule has 0 heterocycles. The molecular weight excluding hydrogens is 204 g/mol. The summed E-state index contributed by atoms with van der Waals surface area (Å²) in [4.78, 5) is 0. The Bertz CT molecular complexity index is 240. The van der Waals surface area contributed by atoms with Crippen molar-refractivity contribution in [3.8, 4) is 0 Å². The second kappa shape index (κ2) is 4.69. The molecule has 0 aliphatic heterocycles. The lowest BCUT2D eigenvalue weighted by atomic mass is 9.96. The summed E-state index contributed by atoms with van der Waals surface area (Å²) in [5.41, 5.74) is 0. The Balaban J connectivity index is 1.71. The lowest BCUT2D eigenvalue weighted by molar-refractivity contribution is 0.388. The van der Waals surface area contributed by atoms with Crippen molar-refractivity contribution in [3.05, 3.63) is 0 Å². The Kier molecular flexibility index (Phi) is 3.49. The summed E-state index contributed by atoms with van der Waals surface area (Å²) in [5, 5.41) is 7.64. The molecule has 0 aromatic carbocycles. The minimum absolute atomic E-state index is 0.657. The highest BCUT2D eigenvalue weighted by Gasteiger charge is 2.39. The minimum Gasteiger partial charge on any atom is -0.362 e. The van der Waals surface area contributed by atoms with Gasteiger partial charge in [-0.3, -0.25) is 0 Å². The first kappa shape index (κ1) is 11.2. The van der Waals surface area contributed by atoms with Crippen LogP contribution in [0.15, 0.2) is 0 Å². The van der Waals surface area contributed by atoms with Crippen molar-refractivity contribution in [2.45, 2.75) is 45.6 Å². The maximum Gasteiger partial charge on any atom is 0.166 e. The summed E-state index contributed by atoms with van der Waals surface area (Å²) < 4.78 is 0. The molecule has 2 aliphatic carbocycles. The molecule has 2 aliphatic rings. The molecule has 0 aromatic rings. The van der Waals surface area contributed by atoms with Crippen LogP contribution < -0.4 is 10.6 Å². The van der Waals surface area contributed by atoms with Crippen LogP contribution in [0, 0.1) is 17.8 Å². The van der Waals surface area contributed by atoms with Gasteiger partial charge in [0.15, 0.2) is 5.11 Å². The van der Waals surface area contributed by atoms with Gasteiger partial charge in [0.2, 0.25) is 0 Å². The molecule has 2 nitrogen and oxygen atoms in total. The first-order valence-electron chi connectivity index (χ1n) is 6.19. The van der Waals surface area contributed by atoms with Crippen LogP contribution in [-0.2, 0) is 0 Å². The van der Waals surface area contributed by atoms with Crippen molar-refractivity contribution in [2.24, 2.45) is 17.8 Å². The molecule has 86 valence electrons. The fraction of sp³-hybridized carbons (Fsp3) is 0.917. The van der Waals surface area contributed by atoms with Crippen LogP contribution in [0.25, 0.3) is 0 Å². The summed E-state index contributed by atoms with van der Waals surface area (Å²) in [5.74, 6) is 2.54. The van der Waals surface area contributed by atoms with Crippen LogP contribution in [0.1, 0.15) is 39.5 Å². The third-order valence-corrected chi connectivity index (χ3v) is 3.99. The van der Waals surface area contributed by atoms with E-state index in [1.165, 1.54) is 25.7 Å². The standard InChI is InChI=1S/C12H22N2S/c1-8(2)7-13-12(15)14-11-6-9-3-4-10(11)5-9/h8-11H,3-7H2,1-2H3,(H2,13,14,15)/t9-,10+,11+/m1/s1. The highest BCUT2D eigenvalue weighted by molar-refractivity contribution is 7.80. The summed E-state index contributed by atoms with van der Waals surface area (Å²) in [6.07, 6.45) is 5.64. The Hall–Kier alpha value is -0.310. The number of rotatable bonds is 3. The predicted octanol–water partition coefficient (Wildman–Crippen LogP) is 2.30. The van der Waals surface area contributed by atoms with E-state index in [-0.39, 0.29) is 0 Å². The fourth-order valence-corrected chi connectivity index (χ4v) is 3.17. The first-order chi connectivity index (χ1) is 7.15. The SMILES string of the molecule is CC(C)CNC(=S)N[C@H]1C[C@@H]2CC[C@H]1C2. The predicted molar refractivity (Wildman–Crippen MR) is 67.8 cm³/mol. The van der Waals surface area contributed by atoms with Crippen LogP contribution >= 0.6 is 12.2 Å². The van der Waals surface area contributed by atoms with Crippen molar-refractivity contribution in [1.29, 1.82) is 0 Å². The molecule has 0 aromatic heterocycles. The largest absolute Gasteiger partial charge is 0.362 e. The quantitative estimate of drug-likeness (QED) is 0.722. The molecule has 0 saturated heterocycles. The van der Waals surface area contributed by atoms with E-state index in [4.69, 9.17) is 12.2 Å². The highest BCUT2D eigenvalue weighted by atomic mass is 32.1. The van der Waals surface area contributed by atoms with Gasteiger partial charge in [-0.2, -0.15) is 0 Å². The van der Waals surface area contributed by atoms with Crippen molar-refractivity contribution >= 4 is 17.3 Å². The van der Waals surface area contributed by atoms with Crippen molar-refractivity contribution in [3.63, 3.8) is 0 Å². The van der Waals surface area contributed by atoms with E-state index in [1.807, 2.05) is 0 Å². The Morgan fingerprint density at radius 1 is 1.33 bits per heavy atom. The van der Waals surface area contributed by atoms with Gasteiger partial charge in [0, 0.05) is 12.6 Å². The van der Waals surface area contributed by atoms with Gasteiger partial charge in [-0.1, -0.05) is 20.3 Å². The van der Waals surface area contributed by atoms with Gasteiger partial charge in [-0.05, 0) is 49.2 Å². The molecule has 3 heteroatoms. The molecule has 2 N–H and O–H groups in total. The number of thiocarbonyl (C=S) groups is 1. The Labute approximate surface area is 98.2 Å². The van der Waals surface area contributed by atoms with E-state index in [0.717, 1.165) is 23.5 Å². The zero-order chi connectivity index (χ0) is 10.8. The van der Waals surface area contributed by atoms with Crippen LogP contribution in [0.3, 0.4) is 0 Å². The van der Waals surface area contributed by atoms with Crippen LogP contribution in [0.2, 0.25) is 0 Å². The van der Waals surface area contributed by atoms with E-state index in [9.17, 15) is 0 Å². The van der Waals surface area contributed by atoms with E-state index in [1.54, 1.807) is 0 Å². The zero-order valence-corrected chi connectivity index (χ0v) is 10.6. The van der Waals surface area contributed by atoms with Gasteiger partial charge in [0.25, 0.3) is 0 Å². The Morgan fingerprint density at radius 3 is 2.67 bits per heavy atom. The maximum absolute atomic E-state index is 5.30. The molecular formula is C12H22N2S. The summed E-state index contributed by atoms with van der Waals surface area (Å²) >= 11 is 5.30. The number of fused-ring (bicyclic) bond motifs is 2. The molecule has 15 heavy (non-hydrogen) atoms. The molecule has 3 atom stereocenters. The maximum atomic E-state index is 5.30. The average Bonchev–Trinajstić information content (AvgIpc) is 2.76. The van der Waals surface area contributed by atoms with Gasteiger partial charge in [0.1, 0.15) is 0 Å². The molecule has 2 bridgehead atoms. The molecule has 2 saturated carbocycles. The second-order valence-corrected chi connectivity index (χ2v) is 5.94. The fourth-order valence-electron chi connectivity index (χ4n) is 2.94. The smallest absolute Gasteiger partial charge is 0.166 e. The highest BCUT2D eigenvalue weighted by Crippen LogP contribution is 2.44. The number of nitrogens with one attached hydrogen (secondary N) is 2. The van der Waals surface area contributed by atoms with E-state index >= 15 is 0 Å². The van der Waals surface area contributed by atoms with Gasteiger partial charge in [0.05, 0.1) is 0 Å². The zero-order valence-electron chi connectivity index (χ0n) is 9.75. The molecule has 2 rings (SSSR count). The Morgan fingerprint density at radius 2 is 2.13 bits per heavy atom. The summed E-state index contributed by atoms with van der Waals surface area (Å²) in [7, 11) is 0. The van der Waals surface area contributed by atoms with Crippen molar-refractivity contribution < 1.29 is 0 Å². The monoisotopic (exact) mass is 226 g/mol. The first-order valence-corrected chi connectivity index (χ1v) is 6.60. The average molecular weight is 226 g/mol. The van der Waals surface area contributed by atoms with E-state index in [2.05, 4.69) is 24.5 Å². The molecule has 0 radical (unpaired) electrons. The molecule has 0 spiro atoms. The van der Waals surface area contributed by atoms with Crippen LogP contribution in [0.4, 0.5) is 0 Å². The normalized spacial score (nSPS) is 33.4. The van der Waals surface area contributed by atoms with Crippen molar-refractivity contribution in [2.75, 3.05) is 6.54 Å². The number of hydrogen-bond donors (Lipinski definition) is 2. The lowest BCUT2D eigenvalue weighted by Gasteiger charge is -2.24. The van der Waals surface area contributed by atoms with Crippen LogP contribution in [0.5, 0.6) is 0 Å². The topological polar surface area (TPSA) is 24.1 Å².